The number of aliphatic hydroxyl groups excluding tert-OH is 2. The molecule has 0 aromatic rings. The number of nitrogens with one attached hydrogen (secondary N) is 1. The summed E-state index contributed by atoms with van der Waals surface area (Å²) in [5.74, 6) is -0.0466. The van der Waals surface area contributed by atoms with Crippen LogP contribution >= 0.6 is 0 Å². The van der Waals surface area contributed by atoms with Crippen molar-refractivity contribution in [1.82, 2.24) is 5.32 Å². The minimum atomic E-state index is -0.664. The van der Waals surface area contributed by atoms with Gasteiger partial charge in [-0.25, -0.2) is 0 Å². The zero-order valence-electron chi connectivity index (χ0n) is 43.9. The van der Waals surface area contributed by atoms with Gasteiger partial charge in [-0.15, -0.1) is 0 Å². The van der Waals surface area contributed by atoms with E-state index in [4.69, 9.17) is 4.74 Å². The second-order valence-corrected chi connectivity index (χ2v) is 19.6. The maximum Gasteiger partial charge on any atom is 0.305 e. The molecule has 0 spiro atoms. The molecule has 0 aliphatic rings. The largest absolute Gasteiger partial charge is 0.466 e. The van der Waals surface area contributed by atoms with Crippen LogP contribution in [0.3, 0.4) is 0 Å². The molecule has 0 saturated carbocycles. The van der Waals surface area contributed by atoms with Crippen molar-refractivity contribution < 1.29 is 24.5 Å². The van der Waals surface area contributed by atoms with Crippen LogP contribution in [-0.2, 0) is 14.3 Å². The summed E-state index contributed by atoms with van der Waals surface area (Å²) in [6, 6.07) is -0.542. The lowest BCUT2D eigenvalue weighted by Crippen LogP contribution is -2.45. The molecule has 0 rings (SSSR count). The van der Waals surface area contributed by atoms with Crippen LogP contribution in [0.4, 0.5) is 0 Å². The van der Waals surface area contributed by atoms with Gasteiger partial charge in [-0.3, -0.25) is 9.59 Å². The summed E-state index contributed by atoms with van der Waals surface area (Å²) >= 11 is 0. The van der Waals surface area contributed by atoms with Crippen LogP contribution in [0.1, 0.15) is 296 Å². The number of esters is 1. The number of unbranched alkanes of at least 4 members (excludes halogenated alkanes) is 34. The van der Waals surface area contributed by atoms with E-state index < -0.39 is 12.1 Å². The predicted octanol–water partition coefficient (Wildman–Crippen LogP) is 17.8. The Morgan fingerprint density at radius 2 is 0.788 bits per heavy atom. The molecular formula is C60H111NO5. The molecule has 0 radical (unpaired) electrons. The molecule has 0 bridgehead atoms. The Labute approximate surface area is 410 Å². The molecule has 0 aliphatic carbocycles. The van der Waals surface area contributed by atoms with Crippen molar-refractivity contribution in [2.24, 2.45) is 0 Å². The van der Waals surface area contributed by atoms with E-state index in [0.29, 0.717) is 25.9 Å². The number of aliphatic hydroxyl groups is 2. The Morgan fingerprint density at radius 1 is 0.424 bits per heavy atom. The minimum Gasteiger partial charge on any atom is -0.466 e. The van der Waals surface area contributed by atoms with Crippen LogP contribution in [0, 0.1) is 0 Å². The van der Waals surface area contributed by atoms with Crippen molar-refractivity contribution >= 4 is 11.9 Å². The molecule has 0 aromatic heterocycles. The first kappa shape index (κ1) is 63.8. The lowest BCUT2D eigenvalue weighted by Gasteiger charge is -2.22. The zero-order chi connectivity index (χ0) is 47.9. The summed E-state index contributed by atoms with van der Waals surface area (Å²) in [6.07, 6.45) is 69.8. The number of amides is 1. The van der Waals surface area contributed by atoms with E-state index in [0.717, 1.165) is 57.8 Å². The van der Waals surface area contributed by atoms with Crippen LogP contribution in [0.15, 0.2) is 48.6 Å². The monoisotopic (exact) mass is 926 g/mol. The molecule has 6 heteroatoms. The van der Waals surface area contributed by atoms with Crippen molar-refractivity contribution in [3.05, 3.63) is 48.6 Å². The Balaban J connectivity index is 3.41. The molecule has 0 aromatic carbocycles. The Morgan fingerprint density at radius 3 is 1.21 bits per heavy atom. The summed E-state index contributed by atoms with van der Waals surface area (Å²) in [6.45, 7) is 4.85. The van der Waals surface area contributed by atoms with E-state index in [9.17, 15) is 19.8 Å². The van der Waals surface area contributed by atoms with Gasteiger partial charge in [0, 0.05) is 12.8 Å². The topological polar surface area (TPSA) is 95.9 Å². The summed E-state index contributed by atoms with van der Waals surface area (Å²) in [5, 5.41) is 23.1. The second kappa shape index (κ2) is 55.4. The fourth-order valence-electron chi connectivity index (χ4n) is 8.65. The normalized spacial score (nSPS) is 13.0. The number of rotatable bonds is 53. The number of carbonyl (C=O) groups excluding carboxylic acids is 2. The summed E-state index contributed by atoms with van der Waals surface area (Å²) in [5.41, 5.74) is 0. The van der Waals surface area contributed by atoms with Crippen molar-refractivity contribution in [2.45, 2.75) is 309 Å². The fourth-order valence-corrected chi connectivity index (χ4v) is 8.65. The third-order valence-electron chi connectivity index (χ3n) is 13.1. The highest BCUT2D eigenvalue weighted by molar-refractivity contribution is 5.76. The van der Waals surface area contributed by atoms with Crippen molar-refractivity contribution in [1.29, 1.82) is 0 Å². The van der Waals surface area contributed by atoms with Gasteiger partial charge in [0.1, 0.15) is 0 Å². The lowest BCUT2D eigenvalue weighted by atomic mass is 10.0. The highest BCUT2D eigenvalue weighted by Crippen LogP contribution is 2.16. The highest BCUT2D eigenvalue weighted by atomic mass is 16.5. The third-order valence-corrected chi connectivity index (χ3v) is 13.1. The molecule has 6 nitrogen and oxygen atoms in total. The van der Waals surface area contributed by atoms with Crippen molar-refractivity contribution in [2.75, 3.05) is 13.2 Å². The van der Waals surface area contributed by atoms with E-state index in [1.807, 2.05) is 0 Å². The summed E-state index contributed by atoms with van der Waals surface area (Å²) in [7, 11) is 0. The van der Waals surface area contributed by atoms with Gasteiger partial charge in [-0.1, -0.05) is 249 Å². The molecule has 1 amide bonds. The lowest BCUT2D eigenvalue weighted by molar-refractivity contribution is -0.143. The quantitative estimate of drug-likeness (QED) is 0.0321. The van der Waals surface area contributed by atoms with Crippen LogP contribution in [0.5, 0.6) is 0 Å². The van der Waals surface area contributed by atoms with E-state index in [-0.39, 0.29) is 18.5 Å². The van der Waals surface area contributed by atoms with Crippen molar-refractivity contribution in [3.63, 3.8) is 0 Å². The molecule has 2 unspecified atom stereocenters. The van der Waals surface area contributed by atoms with Crippen LogP contribution in [0.25, 0.3) is 0 Å². The number of ether oxygens (including phenoxy) is 1. The van der Waals surface area contributed by atoms with Crippen molar-refractivity contribution in [3.8, 4) is 0 Å². The summed E-state index contributed by atoms with van der Waals surface area (Å²) in [4.78, 5) is 24.4. The van der Waals surface area contributed by atoms with E-state index in [1.54, 1.807) is 0 Å². The number of allylic oxidation sites excluding steroid dienone is 8. The molecular weight excluding hydrogens is 815 g/mol. The number of carbonyl (C=O) groups is 2. The smallest absolute Gasteiger partial charge is 0.305 e. The number of hydrogen-bond acceptors (Lipinski definition) is 5. The molecule has 66 heavy (non-hydrogen) atoms. The Kier molecular flexibility index (Phi) is 53.6. The average Bonchev–Trinajstić information content (AvgIpc) is 3.32. The Bertz CT molecular complexity index is 1110. The molecule has 0 aliphatic heterocycles. The first-order valence-corrected chi connectivity index (χ1v) is 28.9. The highest BCUT2D eigenvalue weighted by Gasteiger charge is 2.20. The van der Waals surface area contributed by atoms with Gasteiger partial charge in [0.25, 0.3) is 0 Å². The third kappa shape index (κ3) is 51.2. The SMILES string of the molecule is CCC/C=C\C/C=C\CCCCCCCC(=O)OCCCCCCCCCCC/C=C\C/C=C\CCCCCCCCCCCCCC(=O)NC(CO)C(O)CCCCCCCCCCC. The van der Waals surface area contributed by atoms with Crippen LogP contribution in [-0.4, -0.2) is 47.4 Å². The first-order valence-electron chi connectivity index (χ1n) is 28.9. The van der Waals surface area contributed by atoms with E-state index >= 15 is 0 Å². The second-order valence-electron chi connectivity index (χ2n) is 19.6. The van der Waals surface area contributed by atoms with E-state index in [1.165, 1.54) is 205 Å². The molecule has 2 atom stereocenters. The molecule has 386 valence electrons. The van der Waals surface area contributed by atoms with Gasteiger partial charge in [-0.05, 0) is 83.5 Å². The van der Waals surface area contributed by atoms with Gasteiger partial charge in [0.2, 0.25) is 5.91 Å². The zero-order valence-corrected chi connectivity index (χ0v) is 43.9. The maximum absolute atomic E-state index is 12.4. The van der Waals surface area contributed by atoms with E-state index in [2.05, 4.69) is 67.8 Å². The van der Waals surface area contributed by atoms with Gasteiger partial charge in [0.15, 0.2) is 0 Å². The predicted molar refractivity (Wildman–Crippen MR) is 287 cm³/mol. The maximum atomic E-state index is 12.4. The van der Waals surface area contributed by atoms with Gasteiger partial charge < -0.3 is 20.3 Å². The fraction of sp³-hybridized carbons (Fsp3) is 0.833. The molecule has 0 fully saturated rings. The van der Waals surface area contributed by atoms with Crippen LogP contribution in [0.2, 0.25) is 0 Å². The first-order chi connectivity index (χ1) is 32.5. The summed E-state index contributed by atoms with van der Waals surface area (Å²) < 4.78 is 5.46. The molecule has 3 N–H and O–H groups in total. The number of hydrogen-bond donors (Lipinski definition) is 3. The Hall–Kier alpha value is -2.18. The van der Waals surface area contributed by atoms with Crippen LogP contribution < -0.4 is 5.32 Å². The standard InChI is InChI=1S/C60H111NO5/c1-3-5-7-9-11-13-14-30-34-38-42-46-50-54-60(65)66-55-51-47-43-39-35-32-29-27-25-23-21-19-17-15-16-18-20-22-24-26-28-31-33-37-41-45-49-53-59(64)61-57(56-62)58(63)52-48-44-40-36-12-10-8-6-4-2/h7,9,13-16,19,21,57-58,62-63H,3-6,8,10-12,17-18,20,22-56H2,1-2H3,(H,61,64)/b9-7-,14-13-,16-15-,21-19-. The molecule has 0 saturated heterocycles. The average molecular weight is 927 g/mol. The minimum absolute atomic E-state index is 0.00546. The van der Waals surface area contributed by atoms with Gasteiger partial charge >= 0.3 is 5.97 Å². The molecule has 0 heterocycles. The van der Waals surface area contributed by atoms with Gasteiger partial charge in [-0.2, -0.15) is 0 Å². The van der Waals surface area contributed by atoms with Gasteiger partial charge in [0.05, 0.1) is 25.4 Å².